The Labute approximate surface area is 114 Å². The molecule has 0 unspecified atom stereocenters. The lowest BCUT2D eigenvalue weighted by atomic mass is 10.1. The monoisotopic (exact) mass is 255 g/mol. The fourth-order valence-corrected chi connectivity index (χ4v) is 2.40. The van der Waals surface area contributed by atoms with E-state index in [2.05, 4.69) is 46.9 Å². The van der Waals surface area contributed by atoms with E-state index in [1.54, 1.807) is 0 Å². The van der Waals surface area contributed by atoms with E-state index in [9.17, 15) is 0 Å². The Morgan fingerprint density at radius 2 is 2.21 bits per heavy atom. The molecule has 1 fully saturated rings. The lowest BCUT2D eigenvalue weighted by Crippen LogP contribution is -2.16. The van der Waals surface area contributed by atoms with Gasteiger partial charge in [-0.2, -0.15) is 0 Å². The lowest BCUT2D eigenvalue weighted by Gasteiger charge is -2.11. The zero-order valence-corrected chi connectivity index (χ0v) is 11.7. The number of aromatic nitrogens is 2. The van der Waals surface area contributed by atoms with Crippen LogP contribution in [0.25, 0.3) is 5.69 Å². The Morgan fingerprint density at radius 3 is 2.89 bits per heavy atom. The van der Waals surface area contributed by atoms with Gasteiger partial charge in [-0.1, -0.05) is 13.0 Å². The number of benzene rings is 1. The summed E-state index contributed by atoms with van der Waals surface area (Å²) in [4.78, 5) is 4.38. The highest BCUT2D eigenvalue weighted by molar-refractivity contribution is 5.41. The number of hydrogen-bond acceptors (Lipinski definition) is 2. The molecule has 3 rings (SSSR count). The minimum absolute atomic E-state index is 0.763. The van der Waals surface area contributed by atoms with E-state index < -0.39 is 0 Å². The van der Waals surface area contributed by atoms with Crippen molar-refractivity contribution in [3.05, 3.63) is 47.5 Å². The van der Waals surface area contributed by atoms with Crippen molar-refractivity contribution in [2.75, 3.05) is 0 Å². The van der Waals surface area contributed by atoms with Crippen molar-refractivity contribution >= 4 is 0 Å². The van der Waals surface area contributed by atoms with Gasteiger partial charge in [-0.25, -0.2) is 4.98 Å². The molecular formula is C16H21N3. The summed E-state index contributed by atoms with van der Waals surface area (Å²) < 4.78 is 2.17. The number of imidazole rings is 1. The number of hydrogen-bond donors (Lipinski definition) is 1. The van der Waals surface area contributed by atoms with Crippen molar-refractivity contribution in [2.45, 2.75) is 45.7 Å². The van der Waals surface area contributed by atoms with Crippen LogP contribution in [0, 0.1) is 6.92 Å². The van der Waals surface area contributed by atoms with Crippen LogP contribution in [0.5, 0.6) is 0 Å². The predicted molar refractivity (Wildman–Crippen MR) is 77.5 cm³/mol. The van der Waals surface area contributed by atoms with Crippen molar-refractivity contribution in [1.82, 2.24) is 14.9 Å². The second-order valence-electron chi connectivity index (χ2n) is 5.33. The normalized spacial score (nSPS) is 14.8. The first-order chi connectivity index (χ1) is 9.28. The van der Waals surface area contributed by atoms with Crippen LogP contribution in [-0.2, 0) is 13.0 Å². The topological polar surface area (TPSA) is 29.9 Å². The summed E-state index contributed by atoms with van der Waals surface area (Å²) in [6.45, 7) is 5.32. The fraction of sp³-hybridized carbons (Fsp3) is 0.438. The number of aryl methyl sites for hydroxylation is 2. The summed E-state index contributed by atoms with van der Waals surface area (Å²) in [5.41, 5.74) is 3.96. The molecule has 1 saturated carbocycles. The summed E-state index contributed by atoms with van der Waals surface area (Å²) in [5.74, 6) is 1.11. The number of nitrogens with zero attached hydrogens (tertiary/aromatic N) is 2. The first-order valence-electron chi connectivity index (χ1n) is 7.13. The van der Waals surface area contributed by atoms with Gasteiger partial charge in [-0.3, -0.25) is 0 Å². The Hall–Kier alpha value is -1.61. The zero-order chi connectivity index (χ0) is 13.2. The van der Waals surface area contributed by atoms with Crippen LogP contribution in [0.15, 0.2) is 30.6 Å². The van der Waals surface area contributed by atoms with Gasteiger partial charge in [0.2, 0.25) is 0 Å². The predicted octanol–water partition coefficient (Wildman–Crippen LogP) is 3.00. The maximum absolute atomic E-state index is 4.38. The van der Waals surface area contributed by atoms with Crippen LogP contribution in [0.3, 0.4) is 0 Å². The molecule has 0 saturated heterocycles. The molecule has 1 aromatic carbocycles. The standard InChI is InChI=1S/C16H21N3/c1-3-16-17-8-9-19(16)15-7-4-13(12(2)10-15)11-18-14-5-6-14/h4,7-10,14,18H,3,5-6,11H2,1-2H3. The molecule has 0 bridgehead atoms. The van der Waals surface area contributed by atoms with E-state index in [0.29, 0.717) is 0 Å². The summed E-state index contributed by atoms with van der Waals surface area (Å²) >= 11 is 0. The quantitative estimate of drug-likeness (QED) is 0.890. The molecule has 3 heteroatoms. The van der Waals surface area contributed by atoms with Crippen LogP contribution in [0.1, 0.15) is 36.7 Å². The molecule has 1 aliphatic carbocycles. The van der Waals surface area contributed by atoms with Gasteiger partial charge in [0, 0.05) is 37.1 Å². The van der Waals surface area contributed by atoms with E-state index in [-0.39, 0.29) is 0 Å². The fourth-order valence-electron chi connectivity index (χ4n) is 2.40. The second-order valence-corrected chi connectivity index (χ2v) is 5.33. The van der Waals surface area contributed by atoms with Gasteiger partial charge < -0.3 is 9.88 Å². The van der Waals surface area contributed by atoms with Crippen LogP contribution in [0.4, 0.5) is 0 Å². The molecule has 2 aromatic rings. The van der Waals surface area contributed by atoms with Crippen LogP contribution >= 0.6 is 0 Å². The minimum Gasteiger partial charge on any atom is -0.310 e. The maximum Gasteiger partial charge on any atom is 0.112 e. The summed E-state index contributed by atoms with van der Waals surface area (Å²) in [5, 5.41) is 3.57. The molecule has 0 radical (unpaired) electrons. The maximum atomic E-state index is 4.38. The van der Waals surface area contributed by atoms with E-state index >= 15 is 0 Å². The molecule has 0 atom stereocenters. The molecule has 0 amide bonds. The van der Waals surface area contributed by atoms with Crippen molar-refractivity contribution in [1.29, 1.82) is 0 Å². The number of rotatable bonds is 5. The van der Waals surface area contributed by atoms with Gasteiger partial charge in [-0.05, 0) is 43.0 Å². The van der Waals surface area contributed by atoms with Gasteiger partial charge in [0.1, 0.15) is 5.82 Å². The molecule has 1 N–H and O–H groups in total. The molecule has 100 valence electrons. The van der Waals surface area contributed by atoms with Crippen molar-refractivity contribution in [3.8, 4) is 5.69 Å². The van der Waals surface area contributed by atoms with Crippen LogP contribution in [-0.4, -0.2) is 15.6 Å². The average Bonchev–Trinajstić information content (AvgIpc) is 3.12. The molecule has 1 aliphatic rings. The lowest BCUT2D eigenvalue weighted by molar-refractivity contribution is 0.685. The molecule has 0 aliphatic heterocycles. The second kappa shape index (κ2) is 5.17. The Bertz CT molecular complexity index is 567. The molecule has 1 aromatic heterocycles. The zero-order valence-electron chi connectivity index (χ0n) is 11.7. The molecule has 0 spiro atoms. The first kappa shape index (κ1) is 12.4. The third kappa shape index (κ3) is 2.71. The van der Waals surface area contributed by atoms with Gasteiger partial charge in [-0.15, -0.1) is 0 Å². The third-order valence-electron chi connectivity index (χ3n) is 3.80. The largest absolute Gasteiger partial charge is 0.310 e. The van der Waals surface area contributed by atoms with Crippen LogP contribution < -0.4 is 5.32 Å². The highest BCUT2D eigenvalue weighted by Crippen LogP contribution is 2.21. The van der Waals surface area contributed by atoms with Gasteiger partial charge in [0.15, 0.2) is 0 Å². The third-order valence-corrected chi connectivity index (χ3v) is 3.80. The SMILES string of the molecule is CCc1nccn1-c1ccc(CNC2CC2)c(C)c1. The Kier molecular flexibility index (Phi) is 3.38. The Balaban J connectivity index is 1.81. The Morgan fingerprint density at radius 1 is 1.37 bits per heavy atom. The highest BCUT2D eigenvalue weighted by atomic mass is 15.1. The molecular weight excluding hydrogens is 234 g/mol. The van der Waals surface area contributed by atoms with E-state index in [0.717, 1.165) is 24.8 Å². The average molecular weight is 255 g/mol. The molecule has 19 heavy (non-hydrogen) atoms. The van der Waals surface area contributed by atoms with Gasteiger partial charge in [0.25, 0.3) is 0 Å². The number of nitrogens with one attached hydrogen (secondary N) is 1. The van der Waals surface area contributed by atoms with E-state index in [4.69, 9.17) is 0 Å². The van der Waals surface area contributed by atoms with E-state index in [1.165, 1.54) is 29.7 Å². The summed E-state index contributed by atoms with van der Waals surface area (Å²) in [7, 11) is 0. The molecule has 3 nitrogen and oxygen atoms in total. The summed E-state index contributed by atoms with van der Waals surface area (Å²) in [6, 6.07) is 7.45. The van der Waals surface area contributed by atoms with E-state index in [1.807, 2.05) is 12.4 Å². The van der Waals surface area contributed by atoms with Crippen LogP contribution in [0.2, 0.25) is 0 Å². The summed E-state index contributed by atoms with van der Waals surface area (Å²) in [6.07, 6.45) is 7.54. The van der Waals surface area contributed by atoms with Gasteiger partial charge >= 0.3 is 0 Å². The van der Waals surface area contributed by atoms with Gasteiger partial charge in [0.05, 0.1) is 0 Å². The highest BCUT2D eigenvalue weighted by Gasteiger charge is 2.20. The van der Waals surface area contributed by atoms with Crippen molar-refractivity contribution < 1.29 is 0 Å². The minimum atomic E-state index is 0.763. The van der Waals surface area contributed by atoms with Crippen molar-refractivity contribution in [2.24, 2.45) is 0 Å². The smallest absolute Gasteiger partial charge is 0.112 e. The molecule has 1 heterocycles. The van der Waals surface area contributed by atoms with Crippen molar-refractivity contribution in [3.63, 3.8) is 0 Å². The first-order valence-corrected chi connectivity index (χ1v) is 7.13.